The second-order valence-corrected chi connectivity index (χ2v) is 10.7. The molecule has 2 aliphatic heterocycles. The summed E-state index contributed by atoms with van der Waals surface area (Å²) in [6.07, 6.45) is -1.77. The molecule has 2 atom stereocenters. The predicted octanol–water partition coefficient (Wildman–Crippen LogP) is 1.54. The number of hydrogen-bond acceptors (Lipinski definition) is 8. The molecule has 1 aromatic rings. The van der Waals surface area contributed by atoms with Gasteiger partial charge in [0.1, 0.15) is 5.82 Å². The standard InChI is InChI=1S/C19H30F3N7O3S/c1-12-11-29(7-8-32-12)17-15-10-23-18(25-16(15)26-27-17)24-13-2-4-14(5-3-13)28-33(30,31)9-6-19(20,21)22/h10,12-14,18,24,28H,2-9,11H2,1H3,(H2,25,26,27)/t12-,13?,14?,18?/m0/s1. The molecule has 14 heteroatoms. The number of H-pyrrole nitrogens is 1. The Balaban J connectivity index is 1.24. The van der Waals surface area contributed by atoms with Gasteiger partial charge in [-0.05, 0) is 32.6 Å². The number of anilines is 2. The van der Waals surface area contributed by atoms with Crippen LogP contribution in [0.15, 0.2) is 4.99 Å². The van der Waals surface area contributed by atoms with E-state index >= 15 is 0 Å². The van der Waals surface area contributed by atoms with E-state index in [9.17, 15) is 21.6 Å². The van der Waals surface area contributed by atoms with Crippen LogP contribution in [-0.4, -0.2) is 80.9 Å². The van der Waals surface area contributed by atoms with E-state index in [4.69, 9.17) is 4.74 Å². The summed E-state index contributed by atoms with van der Waals surface area (Å²) in [5, 5.41) is 14.2. The molecule has 1 aromatic heterocycles. The number of nitrogens with zero attached hydrogens (tertiary/aromatic N) is 3. The first-order valence-electron chi connectivity index (χ1n) is 11.2. The molecule has 4 rings (SSSR count). The topological polar surface area (TPSA) is 124 Å². The summed E-state index contributed by atoms with van der Waals surface area (Å²) in [7, 11) is -3.95. The third kappa shape index (κ3) is 6.58. The van der Waals surface area contributed by atoms with Crippen LogP contribution in [-0.2, 0) is 14.8 Å². The van der Waals surface area contributed by atoms with E-state index in [0.717, 1.165) is 30.3 Å². The normalized spacial score (nSPS) is 28.4. The number of aliphatic imine (C=N–C) groups is 1. The number of sulfonamides is 1. The van der Waals surface area contributed by atoms with Gasteiger partial charge in [-0.3, -0.25) is 15.4 Å². The minimum absolute atomic E-state index is 0.111. The minimum atomic E-state index is -4.49. The Hall–Kier alpha value is -1.90. The maximum absolute atomic E-state index is 12.3. The molecule has 2 fully saturated rings. The lowest BCUT2D eigenvalue weighted by molar-refractivity contribution is -0.130. The number of aromatic amines is 1. The highest BCUT2D eigenvalue weighted by Gasteiger charge is 2.32. The molecule has 0 spiro atoms. The van der Waals surface area contributed by atoms with E-state index in [-0.39, 0.29) is 24.5 Å². The van der Waals surface area contributed by atoms with Crippen molar-refractivity contribution in [2.45, 2.75) is 69.7 Å². The Kier molecular flexibility index (Phi) is 7.17. The van der Waals surface area contributed by atoms with Crippen molar-refractivity contribution < 1.29 is 26.3 Å². The number of hydrogen-bond donors (Lipinski definition) is 4. The van der Waals surface area contributed by atoms with Gasteiger partial charge in [-0.25, -0.2) is 13.1 Å². The van der Waals surface area contributed by atoms with Gasteiger partial charge >= 0.3 is 6.18 Å². The van der Waals surface area contributed by atoms with E-state index < -0.39 is 28.4 Å². The van der Waals surface area contributed by atoms with Gasteiger partial charge < -0.3 is 15.0 Å². The third-order valence-corrected chi connectivity index (χ3v) is 7.51. The average Bonchev–Trinajstić information content (AvgIpc) is 3.17. The first kappa shape index (κ1) is 24.2. The van der Waals surface area contributed by atoms with Crippen molar-refractivity contribution >= 4 is 27.9 Å². The Morgan fingerprint density at radius 1 is 1.24 bits per heavy atom. The Bertz CT molecular complexity index is 945. The van der Waals surface area contributed by atoms with Gasteiger partial charge in [0.2, 0.25) is 10.0 Å². The van der Waals surface area contributed by atoms with Crippen molar-refractivity contribution in [1.82, 2.24) is 20.2 Å². The number of aromatic nitrogens is 2. The highest BCUT2D eigenvalue weighted by Crippen LogP contribution is 2.28. The molecule has 186 valence electrons. The molecular formula is C19H30F3N7O3S. The first-order valence-corrected chi connectivity index (χ1v) is 12.8. The van der Waals surface area contributed by atoms with Crippen molar-refractivity contribution in [1.29, 1.82) is 0 Å². The lowest BCUT2D eigenvalue weighted by Gasteiger charge is -2.33. The number of ether oxygens (including phenoxy) is 1. The highest BCUT2D eigenvalue weighted by atomic mass is 32.2. The SMILES string of the molecule is C[C@H]1CN(c2n[nH]c3c2C=NC(NC2CCC(NS(=O)(=O)CCC(F)(F)F)CC2)N3)CCO1. The maximum Gasteiger partial charge on any atom is 0.390 e. The molecular weight excluding hydrogens is 463 g/mol. The van der Waals surface area contributed by atoms with Crippen LogP contribution in [0.25, 0.3) is 0 Å². The van der Waals surface area contributed by atoms with Crippen molar-refractivity contribution in [3.05, 3.63) is 5.56 Å². The maximum atomic E-state index is 12.3. The van der Waals surface area contributed by atoms with Crippen LogP contribution in [0.3, 0.4) is 0 Å². The van der Waals surface area contributed by atoms with Gasteiger partial charge in [-0.2, -0.15) is 18.3 Å². The van der Waals surface area contributed by atoms with Crippen molar-refractivity contribution in [3.8, 4) is 0 Å². The first-order chi connectivity index (χ1) is 15.6. The molecule has 0 aromatic carbocycles. The molecule has 1 aliphatic carbocycles. The Morgan fingerprint density at radius 3 is 2.67 bits per heavy atom. The molecule has 10 nitrogen and oxygen atoms in total. The zero-order chi connectivity index (χ0) is 23.6. The smallest absolute Gasteiger partial charge is 0.375 e. The van der Waals surface area contributed by atoms with Gasteiger partial charge in [0, 0.05) is 31.4 Å². The molecule has 4 N–H and O–H groups in total. The number of alkyl halides is 3. The second-order valence-electron chi connectivity index (χ2n) is 8.81. The Labute approximate surface area is 190 Å². The number of nitrogens with one attached hydrogen (secondary N) is 4. The van der Waals surface area contributed by atoms with Crippen molar-refractivity contribution in [3.63, 3.8) is 0 Å². The van der Waals surface area contributed by atoms with Crippen LogP contribution < -0.4 is 20.3 Å². The van der Waals surface area contributed by atoms with E-state index in [2.05, 4.69) is 35.4 Å². The summed E-state index contributed by atoms with van der Waals surface area (Å²) in [6.45, 7) is 4.20. The highest BCUT2D eigenvalue weighted by molar-refractivity contribution is 7.89. The summed E-state index contributed by atoms with van der Waals surface area (Å²) < 4.78 is 68.8. The zero-order valence-corrected chi connectivity index (χ0v) is 19.2. The van der Waals surface area contributed by atoms with E-state index in [1.165, 1.54) is 0 Å². The number of fused-ring (bicyclic) bond motifs is 1. The third-order valence-electron chi connectivity index (χ3n) is 6.08. The summed E-state index contributed by atoms with van der Waals surface area (Å²) in [5.74, 6) is 0.684. The van der Waals surface area contributed by atoms with Gasteiger partial charge in [0.15, 0.2) is 12.1 Å². The van der Waals surface area contributed by atoms with E-state index in [1.807, 2.05) is 6.92 Å². The minimum Gasteiger partial charge on any atom is -0.375 e. The largest absolute Gasteiger partial charge is 0.390 e. The number of morpholine rings is 1. The van der Waals surface area contributed by atoms with Crippen LogP contribution in [0, 0.1) is 0 Å². The fraction of sp³-hybridized carbons (Fsp3) is 0.789. The molecule has 33 heavy (non-hydrogen) atoms. The molecule has 0 radical (unpaired) electrons. The van der Waals surface area contributed by atoms with Crippen LogP contribution in [0.1, 0.15) is 44.6 Å². The molecule has 0 bridgehead atoms. The summed E-state index contributed by atoms with van der Waals surface area (Å²) >= 11 is 0. The van der Waals surface area contributed by atoms with Crippen LogP contribution in [0.2, 0.25) is 0 Å². The number of halogens is 3. The molecule has 1 saturated carbocycles. The Morgan fingerprint density at radius 2 is 1.97 bits per heavy atom. The molecule has 3 heterocycles. The average molecular weight is 494 g/mol. The zero-order valence-electron chi connectivity index (χ0n) is 18.4. The molecule has 0 amide bonds. The monoisotopic (exact) mass is 493 g/mol. The summed E-state index contributed by atoms with van der Waals surface area (Å²) in [4.78, 5) is 6.72. The fourth-order valence-corrected chi connectivity index (χ4v) is 5.76. The van der Waals surface area contributed by atoms with Crippen LogP contribution >= 0.6 is 0 Å². The fourth-order valence-electron chi connectivity index (χ4n) is 4.40. The molecule has 1 unspecified atom stereocenters. The van der Waals surface area contributed by atoms with Crippen molar-refractivity contribution in [2.24, 2.45) is 4.99 Å². The van der Waals surface area contributed by atoms with Gasteiger partial charge in [0.25, 0.3) is 0 Å². The number of rotatable bonds is 7. The van der Waals surface area contributed by atoms with Gasteiger partial charge in [0.05, 0.1) is 30.4 Å². The quantitative estimate of drug-likeness (QED) is 0.454. The summed E-state index contributed by atoms with van der Waals surface area (Å²) in [5.41, 5.74) is 0.902. The lowest BCUT2D eigenvalue weighted by Crippen LogP contribution is -2.48. The van der Waals surface area contributed by atoms with Crippen molar-refractivity contribution in [2.75, 3.05) is 35.7 Å². The predicted molar refractivity (Wildman–Crippen MR) is 118 cm³/mol. The van der Waals surface area contributed by atoms with E-state index in [1.54, 1.807) is 6.21 Å². The van der Waals surface area contributed by atoms with E-state index in [0.29, 0.717) is 32.3 Å². The molecule has 3 aliphatic rings. The second kappa shape index (κ2) is 9.76. The van der Waals surface area contributed by atoms with Crippen LogP contribution in [0.4, 0.5) is 24.8 Å². The lowest BCUT2D eigenvalue weighted by atomic mass is 9.92. The summed E-state index contributed by atoms with van der Waals surface area (Å²) in [6, 6.07) is -0.235. The van der Waals surface area contributed by atoms with Gasteiger partial charge in [-0.15, -0.1) is 0 Å². The molecule has 1 saturated heterocycles. The van der Waals surface area contributed by atoms with Crippen LogP contribution in [0.5, 0.6) is 0 Å². The van der Waals surface area contributed by atoms with Gasteiger partial charge in [-0.1, -0.05) is 0 Å².